The number of nitrogens with one attached hydrogen (secondary N) is 2. The van der Waals surface area contributed by atoms with Gasteiger partial charge in [-0.2, -0.15) is 0 Å². The summed E-state index contributed by atoms with van der Waals surface area (Å²) < 4.78 is 0. The van der Waals surface area contributed by atoms with E-state index in [9.17, 15) is 0 Å². The van der Waals surface area contributed by atoms with E-state index in [0.29, 0.717) is 6.04 Å². The van der Waals surface area contributed by atoms with Crippen molar-refractivity contribution in [1.29, 1.82) is 0 Å². The SMILES string of the molecule is CCCNc1cc(NC2CC2C)nc(CC)n1. The highest BCUT2D eigenvalue weighted by Gasteiger charge is 2.32. The first-order chi connectivity index (χ1) is 8.22. The molecule has 1 fully saturated rings. The maximum atomic E-state index is 4.51. The molecule has 0 amide bonds. The Morgan fingerprint density at radius 3 is 2.59 bits per heavy atom. The van der Waals surface area contributed by atoms with Gasteiger partial charge in [0.15, 0.2) is 0 Å². The molecule has 1 aliphatic carbocycles. The summed E-state index contributed by atoms with van der Waals surface area (Å²) in [6, 6.07) is 2.62. The van der Waals surface area contributed by atoms with Gasteiger partial charge >= 0.3 is 0 Å². The zero-order valence-electron chi connectivity index (χ0n) is 11.0. The first kappa shape index (κ1) is 12.1. The second kappa shape index (κ2) is 5.34. The quantitative estimate of drug-likeness (QED) is 0.794. The van der Waals surface area contributed by atoms with Crippen LogP contribution in [0.4, 0.5) is 11.6 Å². The van der Waals surface area contributed by atoms with Gasteiger partial charge in [-0.3, -0.25) is 0 Å². The van der Waals surface area contributed by atoms with Gasteiger partial charge in [0.05, 0.1) is 0 Å². The molecule has 2 unspecified atom stereocenters. The Bertz CT molecular complexity index is 378. The van der Waals surface area contributed by atoms with Crippen LogP contribution in [0.1, 0.15) is 39.4 Å². The van der Waals surface area contributed by atoms with Crippen molar-refractivity contribution in [3.63, 3.8) is 0 Å². The van der Waals surface area contributed by atoms with Gasteiger partial charge in [-0.1, -0.05) is 20.8 Å². The van der Waals surface area contributed by atoms with Crippen molar-refractivity contribution in [3.8, 4) is 0 Å². The highest BCUT2D eigenvalue weighted by atomic mass is 15.1. The fourth-order valence-electron chi connectivity index (χ4n) is 1.79. The minimum atomic E-state index is 0.605. The van der Waals surface area contributed by atoms with E-state index in [4.69, 9.17) is 0 Å². The van der Waals surface area contributed by atoms with Gasteiger partial charge in [0.1, 0.15) is 17.5 Å². The van der Waals surface area contributed by atoms with Crippen LogP contribution >= 0.6 is 0 Å². The zero-order chi connectivity index (χ0) is 12.3. The number of aromatic nitrogens is 2. The average molecular weight is 234 g/mol. The molecule has 0 bridgehead atoms. The van der Waals surface area contributed by atoms with Gasteiger partial charge in [-0.15, -0.1) is 0 Å². The molecule has 4 nitrogen and oxygen atoms in total. The van der Waals surface area contributed by atoms with Crippen LogP contribution < -0.4 is 10.6 Å². The maximum absolute atomic E-state index is 4.51. The molecule has 2 atom stereocenters. The molecule has 4 heteroatoms. The predicted octanol–water partition coefficient (Wildman–Crippen LogP) is 2.68. The van der Waals surface area contributed by atoms with Crippen molar-refractivity contribution >= 4 is 11.6 Å². The van der Waals surface area contributed by atoms with Gasteiger partial charge in [-0.05, 0) is 18.8 Å². The Hall–Kier alpha value is -1.32. The van der Waals surface area contributed by atoms with Gasteiger partial charge in [-0.25, -0.2) is 9.97 Å². The minimum absolute atomic E-state index is 0.605. The molecular weight excluding hydrogens is 212 g/mol. The molecule has 2 N–H and O–H groups in total. The Kier molecular flexibility index (Phi) is 3.82. The second-order valence-electron chi connectivity index (χ2n) is 4.80. The highest BCUT2D eigenvalue weighted by Crippen LogP contribution is 2.32. The summed E-state index contributed by atoms with van der Waals surface area (Å²) >= 11 is 0. The predicted molar refractivity (Wildman–Crippen MR) is 71.4 cm³/mol. The number of hydrogen-bond acceptors (Lipinski definition) is 4. The summed E-state index contributed by atoms with van der Waals surface area (Å²) in [6.45, 7) is 7.46. The summed E-state index contributed by atoms with van der Waals surface area (Å²) in [7, 11) is 0. The molecule has 0 radical (unpaired) electrons. The van der Waals surface area contributed by atoms with Crippen LogP contribution in [0.25, 0.3) is 0 Å². The lowest BCUT2D eigenvalue weighted by Gasteiger charge is -2.10. The fraction of sp³-hybridized carbons (Fsp3) is 0.692. The number of aryl methyl sites for hydroxylation is 1. The van der Waals surface area contributed by atoms with E-state index >= 15 is 0 Å². The fourth-order valence-corrected chi connectivity index (χ4v) is 1.79. The minimum Gasteiger partial charge on any atom is -0.370 e. The molecule has 17 heavy (non-hydrogen) atoms. The van der Waals surface area contributed by atoms with Crippen molar-refractivity contribution in [2.24, 2.45) is 5.92 Å². The average Bonchev–Trinajstić information content (AvgIpc) is 3.01. The highest BCUT2D eigenvalue weighted by molar-refractivity contribution is 5.48. The lowest BCUT2D eigenvalue weighted by atomic mass is 10.4. The molecule has 1 saturated carbocycles. The standard InChI is InChI=1S/C13H22N4/c1-4-6-14-12-8-13(15-10-7-9(10)3)17-11(5-2)16-12/h8-10H,4-7H2,1-3H3,(H2,14,15,16,17). The number of anilines is 2. The van der Waals surface area contributed by atoms with Crippen molar-refractivity contribution < 1.29 is 0 Å². The van der Waals surface area contributed by atoms with Gasteiger partial charge in [0.25, 0.3) is 0 Å². The van der Waals surface area contributed by atoms with E-state index < -0.39 is 0 Å². The molecule has 1 aliphatic rings. The summed E-state index contributed by atoms with van der Waals surface area (Å²) in [5, 5.41) is 6.79. The van der Waals surface area contributed by atoms with E-state index in [0.717, 1.165) is 42.8 Å². The summed E-state index contributed by atoms with van der Waals surface area (Å²) in [6.07, 6.45) is 3.23. The lowest BCUT2D eigenvalue weighted by molar-refractivity contribution is 0.894. The van der Waals surface area contributed by atoms with E-state index in [-0.39, 0.29) is 0 Å². The van der Waals surface area contributed by atoms with Crippen LogP contribution in [0.5, 0.6) is 0 Å². The molecule has 0 saturated heterocycles. The molecule has 94 valence electrons. The maximum Gasteiger partial charge on any atom is 0.132 e. The van der Waals surface area contributed by atoms with Crippen molar-refractivity contribution in [2.75, 3.05) is 17.2 Å². The van der Waals surface area contributed by atoms with Crippen LogP contribution in [0, 0.1) is 5.92 Å². The Balaban J connectivity index is 2.07. The normalized spacial score (nSPS) is 22.3. The largest absolute Gasteiger partial charge is 0.370 e. The Morgan fingerprint density at radius 1 is 1.29 bits per heavy atom. The summed E-state index contributed by atoms with van der Waals surface area (Å²) in [5.74, 6) is 3.59. The number of rotatable bonds is 6. The summed E-state index contributed by atoms with van der Waals surface area (Å²) in [5.41, 5.74) is 0. The Morgan fingerprint density at radius 2 is 2.00 bits per heavy atom. The lowest BCUT2D eigenvalue weighted by Crippen LogP contribution is -2.10. The third-order valence-corrected chi connectivity index (χ3v) is 3.09. The van der Waals surface area contributed by atoms with E-state index in [2.05, 4.69) is 41.4 Å². The molecule has 0 aromatic carbocycles. The molecular formula is C13H22N4. The second-order valence-corrected chi connectivity index (χ2v) is 4.80. The van der Waals surface area contributed by atoms with E-state index in [1.807, 2.05) is 6.07 Å². The first-order valence-corrected chi connectivity index (χ1v) is 6.61. The third-order valence-electron chi connectivity index (χ3n) is 3.09. The van der Waals surface area contributed by atoms with Gasteiger partial charge < -0.3 is 10.6 Å². The van der Waals surface area contributed by atoms with Crippen molar-refractivity contribution in [2.45, 2.75) is 46.1 Å². The van der Waals surface area contributed by atoms with Crippen molar-refractivity contribution in [1.82, 2.24) is 9.97 Å². The molecule has 1 heterocycles. The first-order valence-electron chi connectivity index (χ1n) is 6.61. The molecule has 0 spiro atoms. The van der Waals surface area contributed by atoms with Gasteiger partial charge in [0.2, 0.25) is 0 Å². The monoisotopic (exact) mass is 234 g/mol. The Labute approximate surface area is 103 Å². The van der Waals surface area contributed by atoms with Crippen molar-refractivity contribution in [3.05, 3.63) is 11.9 Å². The molecule has 1 aromatic rings. The van der Waals surface area contributed by atoms with Crippen LogP contribution in [-0.2, 0) is 6.42 Å². The van der Waals surface area contributed by atoms with Crippen LogP contribution in [0.2, 0.25) is 0 Å². The van der Waals surface area contributed by atoms with Crippen LogP contribution in [-0.4, -0.2) is 22.6 Å². The van der Waals surface area contributed by atoms with Crippen LogP contribution in [0.3, 0.4) is 0 Å². The molecule has 2 rings (SSSR count). The molecule has 0 aliphatic heterocycles. The topological polar surface area (TPSA) is 49.8 Å². The van der Waals surface area contributed by atoms with E-state index in [1.54, 1.807) is 0 Å². The van der Waals surface area contributed by atoms with E-state index in [1.165, 1.54) is 6.42 Å². The molecule has 1 aromatic heterocycles. The van der Waals surface area contributed by atoms with Gasteiger partial charge in [0, 0.05) is 25.1 Å². The number of hydrogen-bond donors (Lipinski definition) is 2. The summed E-state index contributed by atoms with van der Waals surface area (Å²) in [4.78, 5) is 8.99. The van der Waals surface area contributed by atoms with Crippen LogP contribution in [0.15, 0.2) is 6.07 Å². The third kappa shape index (κ3) is 3.32. The smallest absolute Gasteiger partial charge is 0.132 e. The zero-order valence-corrected chi connectivity index (χ0v) is 11.0. The number of nitrogens with zero attached hydrogens (tertiary/aromatic N) is 2.